The molecule has 1 atom stereocenters. The fourth-order valence-electron chi connectivity index (χ4n) is 0.909. The Hall–Kier alpha value is -0.340. The van der Waals surface area contributed by atoms with Gasteiger partial charge in [0.15, 0.2) is 0 Å². The van der Waals surface area contributed by atoms with Crippen molar-refractivity contribution < 1.29 is 0 Å². The van der Waals surface area contributed by atoms with E-state index in [2.05, 4.69) is 31.4 Å². The summed E-state index contributed by atoms with van der Waals surface area (Å²) in [7, 11) is 0. The van der Waals surface area contributed by atoms with Gasteiger partial charge in [0.25, 0.3) is 0 Å². The van der Waals surface area contributed by atoms with Gasteiger partial charge in [-0.2, -0.15) is 0 Å². The third kappa shape index (κ3) is 3.64. The van der Waals surface area contributed by atoms with E-state index in [1.165, 1.54) is 0 Å². The fraction of sp³-hybridized carbons (Fsp3) is 0.750. The van der Waals surface area contributed by atoms with Crippen molar-refractivity contribution in [1.82, 2.24) is 5.43 Å². The lowest BCUT2D eigenvalue weighted by atomic mass is 9.96. The van der Waals surface area contributed by atoms with Gasteiger partial charge in [0, 0.05) is 6.54 Å². The zero-order valence-corrected chi connectivity index (χ0v) is 7.09. The van der Waals surface area contributed by atoms with E-state index >= 15 is 0 Å². The van der Waals surface area contributed by atoms with Crippen LogP contribution < -0.4 is 11.3 Å². The first-order chi connectivity index (χ1) is 4.72. The minimum absolute atomic E-state index is 0.565. The van der Waals surface area contributed by atoms with E-state index in [9.17, 15) is 0 Å². The van der Waals surface area contributed by atoms with Gasteiger partial charge in [-0.3, -0.25) is 11.3 Å². The second kappa shape index (κ2) is 5.45. The second-order valence-corrected chi connectivity index (χ2v) is 2.84. The zero-order chi connectivity index (χ0) is 7.98. The number of nitrogens with one attached hydrogen (secondary N) is 1. The third-order valence-corrected chi connectivity index (χ3v) is 1.65. The average molecular weight is 142 g/mol. The number of hydrogen-bond acceptors (Lipinski definition) is 2. The molecule has 2 heteroatoms. The Morgan fingerprint density at radius 1 is 1.50 bits per heavy atom. The van der Waals surface area contributed by atoms with Crippen LogP contribution in [0.5, 0.6) is 0 Å². The number of hydrogen-bond donors (Lipinski definition) is 2. The van der Waals surface area contributed by atoms with E-state index < -0.39 is 0 Å². The molecule has 0 amide bonds. The van der Waals surface area contributed by atoms with Crippen LogP contribution in [0.25, 0.3) is 0 Å². The molecule has 0 aromatic rings. The Bertz CT molecular complexity index is 97.4. The molecule has 0 fully saturated rings. The minimum Gasteiger partial charge on any atom is -0.271 e. The van der Waals surface area contributed by atoms with E-state index in [1.54, 1.807) is 0 Å². The van der Waals surface area contributed by atoms with Crippen molar-refractivity contribution in [2.24, 2.45) is 17.7 Å². The molecule has 0 rings (SSSR count). The Balaban J connectivity index is 3.72. The molecule has 0 saturated heterocycles. The van der Waals surface area contributed by atoms with Gasteiger partial charge in [0.05, 0.1) is 0 Å². The number of rotatable bonds is 4. The topological polar surface area (TPSA) is 38.0 Å². The van der Waals surface area contributed by atoms with Crippen LogP contribution in [-0.4, -0.2) is 6.54 Å². The summed E-state index contributed by atoms with van der Waals surface area (Å²) in [5.74, 6) is 6.44. The van der Waals surface area contributed by atoms with Crippen molar-refractivity contribution in [3.05, 3.63) is 12.2 Å². The quantitative estimate of drug-likeness (QED) is 0.353. The first kappa shape index (κ1) is 9.66. The second-order valence-electron chi connectivity index (χ2n) is 2.84. The predicted molar refractivity (Wildman–Crippen MR) is 45.3 cm³/mol. The lowest BCUT2D eigenvalue weighted by Crippen LogP contribution is -2.30. The third-order valence-electron chi connectivity index (χ3n) is 1.65. The number of allylic oxidation sites excluding steroid dienone is 1. The van der Waals surface area contributed by atoms with Crippen molar-refractivity contribution >= 4 is 0 Å². The van der Waals surface area contributed by atoms with Crippen LogP contribution in [0.1, 0.15) is 20.8 Å². The largest absolute Gasteiger partial charge is 0.271 e. The van der Waals surface area contributed by atoms with Gasteiger partial charge in [0.1, 0.15) is 0 Å². The molecule has 0 heterocycles. The SMILES string of the molecule is C/C=C/C(CNN)C(C)C. The van der Waals surface area contributed by atoms with Gasteiger partial charge in [-0.15, -0.1) is 0 Å². The van der Waals surface area contributed by atoms with Crippen LogP contribution in [0.2, 0.25) is 0 Å². The first-order valence-corrected chi connectivity index (χ1v) is 3.78. The molecule has 0 spiro atoms. The van der Waals surface area contributed by atoms with Gasteiger partial charge < -0.3 is 0 Å². The maximum atomic E-state index is 5.21. The highest BCUT2D eigenvalue weighted by Crippen LogP contribution is 2.10. The van der Waals surface area contributed by atoms with Crippen LogP contribution in [0.15, 0.2) is 12.2 Å². The van der Waals surface area contributed by atoms with E-state index in [0.29, 0.717) is 11.8 Å². The molecular formula is C8H18N2. The lowest BCUT2D eigenvalue weighted by Gasteiger charge is -2.15. The summed E-state index contributed by atoms with van der Waals surface area (Å²) in [6.45, 7) is 7.29. The summed E-state index contributed by atoms with van der Waals surface area (Å²) in [6.07, 6.45) is 4.26. The van der Waals surface area contributed by atoms with Crippen LogP contribution in [0, 0.1) is 11.8 Å². The molecule has 0 aromatic carbocycles. The molecule has 0 aliphatic carbocycles. The predicted octanol–water partition coefficient (Wildman–Crippen LogP) is 1.30. The zero-order valence-electron chi connectivity index (χ0n) is 7.09. The van der Waals surface area contributed by atoms with Crippen molar-refractivity contribution in [2.75, 3.05) is 6.54 Å². The van der Waals surface area contributed by atoms with Crippen LogP contribution in [-0.2, 0) is 0 Å². The van der Waals surface area contributed by atoms with Crippen LogP contribution >= 0.6 is 0 Å². The van der Waals surface area contributed by atoms with Gasteiger partial charge in [-0.05, 0) is 18.8 Å². The maximum Gasteiger partial charge on any atom is 0.0163 e. The Morgan fingerprint density at radius 3 is 2.40 bits per heavy atom. The van der Waals surface area contributed by atoms with E-state index in [1.807, 2.05) is 6.92 Å². The van der Waals surface area contributed by atoms with Gasteiger partial charge >= 0.3 is 0 Å². The molecule has 0 radical (unpaired) electrons. The summed E-state index contributed by atoms with van der Waals surface area (Å²) >= 11 is 0. The lowest BCUT2D eigenvalue weighted by molar-refractivity contribution is 0.438. The van der Waals surface area contributed by atoms with E-state index in [4.69, 9.17) is 5.84 Å². The molecule has 60 valence electrons. The Kier molecular flexibility index (Phi) is 5.26. The van der Waals surface area contributed by atoms with Crippen molar-refractivity contribution in [3.8, 4) is 0 Å². The summed E-state index contributed by atoms with van der Waals surface area (Å²) < 4.78 is 0. The summed E-state index contributed by atoms with van der Waals surface area (Å²) in [5.41, 5.74) is 2.68. The molecule has 0 saturated carbocycles. The molecule has 2 nitrogen and oxygen atoms in total. The summed E-state index contributed by atoms with van der Waals surface area (Å²) in [4.78, 5) is 0. The van der Waals surface area contributed by atoms with Crippen LogP contribution in [0.4, 0.5) is 0 Å². The smallest absolute Gasteiger partial charge is 0.0163 e. The molecule has 3 N–H and O–H groups in total. The molecule has 10 heavy (non-hydrogen) atoms. The van der Waals surface area contributed by atoms with E-state index in [-0.39, 0.29) is 0 Å². The molecule has 0 aliphatic rings. The average Bonchev–Trinajstić information content (AvgIpc) is 1.87. The molecule has 1 unspecified atom stereocenters. The Labute approximate surface area is 63.5 Å². The number of hydrazine groups is 1. The Morgan fingerprint density at radius 2 is 2.10 bits per heavy atom. The highest BCUT2D eigenvalue weighted by molar-refractivity contribution is 4.87. The molecular weight excluding hydrogens is 124 g/mol. The summed E-state index contributed by atoms with van der Waals surface area (Å²) in [6, 6.07) is 0. The molecule has 0 aliphatic heterocycles. The minimum atomic E-state index is 0.565. The fourth-order valence-corrected chi connectivity index (χ4v) is 0.909. The standard InChI is InChI=1S/C8H18N2/c1-4-5-8(6-10-9)7(2)3/h4-5,7-8,10H,6,9H2,1-3H3/b5-4+. The van der Waals surface area contributed by atoms with Gasteiger partial charge in [0.2, 0.25) is 0 Å². The molecule has 0 bridgehead atoms. The monoisotopic (exact) mass is 142 g/mol. The normalized spacial score (nSPS) is 14.9. The number of nitrogens with two attached hydrogens (primary N) is 1. The molecule has 0 aromatic heterocycles. The van der Waals surface area contributed by atoms with Gasteiger partial charge in [-0.1, -0.05) is 26.0 Å². The van der Waals surface area contributed by atoms with Gasteiger partial charge in [-0.25, -0.2) is 0 Å². The maximum absolute atomic E-state index is 5.21. The summed E-state index contributed by atoms with van der Waals surface area (Å²) in [5, 5.41) is 0. The van der Waals surface area contributed by atoms with E-state index in [0.717, 1.165) is 6.54 Å². The van der Waals surface area contributed by atoms with Crippen molar-refractivity contribution in [1.29, 1.82) is 0 Å². The highest BCUT2D eigenvalue weighted by Gasteiger charge is 2.06. The van der Waals surface area contributed by atoms with Crippen LogP contribution in [0.3, 0.4) is 0 Å². The van der Waals surface area contributed by atoms with Crippen molar-refractivity contribution in [2.45, 2.75) is 20.8 Å². The highest BCUT2D eigenvalue weighted by atomic mass is 15.2. The van der Waals surface area contributed by atoms with Crippen molar-refractivity contribution in [3.63, 3.8) is 0 Å². The first-order valence-electron chi connectivity index (χ1n) is 3.78.